The molecular weight excluding hydrogens is 190 g/mol. The Labute approximate surface area is 92.4 Å². The van der Waals surface area contributed by atoms with Crippen LogP contribution in [-0.4, -0.2) is 47.4 Å². The van der Waals surface area contributed by atoms with Gasteiger partial charge in [-0.05, 0) is 46.1 Å². The molecule has 3 heteroatoms. The number of hydrogen-bond acceptors (Lipinski definition) is 3. The topological polar surface area (TPSA) is 32.7 Å². The highest BCUT2D eigenvalue weighted by molar-refractivity contribution is 5.04. The molecule has 0 aliphatic carbocycles. The van der Waals surface area contributed by atoms with Crippen molar-refractivity contribution in [1.29, 1.82) is 0 Å². The second-order valence-electron chi connectivity index (χ2n) is 5.25. The molecule has 0 amide bonds. The molecule has 0 spiro atoms. The van der Waals surface area contributed by atoms with Crippen LogP contribution in [0, 0.1) is 0 Å². The highest BCUT2D eigenvalue weighted by atomic mass is 16.5. The maximum absolute atomic E-state index is 9.54. The zero-order chi connectivity index (χ0) is 10.9. The van der Waals surface area contributed by atoms with Gasteiger partial charge in [0.05, 0.1) is 19.3 Å². The predicted molar refractivity (Wildman–Crippen MR) is 59.9 cm³/mol. The summed E-state index contributed by atoms with van der Waals surface area (Å²) in [7, 11) is 0. The van der Waals surface area contributed by atoms with Gasteiger partial charge in [-0.25, -0.2) is 0 Å². The first-order valence-electron chi connectivity index (χ1n) is 6.17. The molecule has 88 valence electrons. The first-order valence-corrected chi connectivity index (χ1v) is 6.17. The number of aliphatic hydroxyl groups is 1. The van der Waals surface area contributed by atoms with Gasteiger partial charge in [-0.2, -0.15) is 0 Å². The summed E-state index contributed by atoms with van der Waals surface area (Å²) in [4.78, 5) is 2.50. The van der Waals surface area contributed by atoms with Gasteiger partial charge in [0.15, 0.2) is 0 Å². The molecule has 2 aliphatic rings. The number of rotatable bonds is 4. The van der Waals surface area contributed by atoms with E-state index in [1.165, 1.54) is 19.3 Å². The molecule has 2 aliphatic heterocycles. The van der Waals surface area contributed by atoms with E-state index in [0.29, 0.717) is 18.8 Å². The van der Waals surface area contributed by atoms with Crippen molar-refractivity contribution in [2.45, 2.75) is 57.2 Å². The zero-order valence-corrected chi connectivity index (χ0v) is 9.91. The predicted octanol–water partition coefficient (Wildman–Crippen LogP) is 1.40. The lowest BCUT2D eigenvalue weighted by Crippen LogP contribution is -2.46. The maximum atomic E-state index is 9.54. The number of aliphatic hydroxyl groups excluding tert-OH is 1. The van der Waals surface area contributed by atoms with Crippen LogP contribution in [0.25, 0.3) is 0 Å². The summed E-state index contributed by atoms with van der Waals surface area (Å²) in [5.74, 6) is 0. The van der Waals surface area contributed by atoms with Crippen LogP contribution in [0.3, 0.4) is 0 Å². The molecule has 2 unspecified atom stereocenters. The summed E-state index contributed by atoms with van der Waals surface area (Å²) in [6, 6.07) is 0.544. The summed E-state index contributed by atoms with van der Waals surface area (Å²) in [5, 5.41) is 9.54. The van der Waals surface area contributed by atoms with E-state index in [2.05, 4.69) is 18.7 Å². The van der Waals surface area contributed by atoms with Crippen molar-refractivity contribution in [3.8, 4) is 0 Å². The third-order valence-corrected chi connectivity index (χ3v) is 3.95. The summed E-state index contributed by atoms with van der Waals surface area (Å²) < 4.78 is 5.70. The van der Waals surface area contributed by atoms with Crippen LogP contribution in [0.2, 0.25) is 0 Å². The maximum Gasteiger partial charge on any atom is 0.0625 e. The van der Waals surface area contributed by atoms with Crippen molar-refractivity contribution in [2.75, 3.05) is 19.8 Å². The van der Waals surface area contributed by atoms with Crippen molar-refractivity contribution >= 4 is 0 Å². The van der Waals surface area contributed by atoms with Crippen LogP contribution >= 0.6 is 0 Å². The number of ether oxygens (including phenoxy) is 1. The Morgan fingerprint density at radius 2 is 2.27 bits per heavy atom. The standard InChI is InChI=1S/C12H23NO2/c1-10(2)15-8-11-4-6-12(9-14)5-3-7-13(11)12/h10-11,14H,3-9H2,1-2H3. The van der Waals surface area contributed by atoms with Gasteiger partial charge >= 0.3 is 0 Å². The average Bonchev–Trinajstić information content (AvgIpc) is 2.73. The highest BCUT2D eigenvalue weighted by Crippen LogP contribution is 2.41. The van der Waals surface area contributed by atoms with E-state index in [1.54, 1.807) is 0 Å². The van der Waals surface area contributed by atoms with Crippen LogP contribution < -0.4 is 0 Å². The molecule has 0 radical (unpaired) electrons. The Morgan fingerprint density at radius 1 is 1.47 bits per heavy atom. The Kier molecular flexibility index (Phi) is 3.33. The number of hydrogen-bond donors (Lipinski definition) is 1. The molecule has 2 saturated heterocycles. The van der Waals surface area contributed by atoms with Crippen LogP contribution in [0.15, 0.2) is 0 Å². The molecule has 0 aromatic heterocycles. The number of nitrogens with zero attached hydrogens (tertiary/aromatic N) is 1. The summed E-state index contributed by atoms with van der Waals surface area (Å²) in [6.45, 7) is 6.47. The quantitative estimate of drug-likeness (QED) is 0.766. The van der Waals surface area contributed by atoms with Crippen molar-refractivity contribution in [2.24, 2.45) is 0 Å². The molecular formula is C12H23NO2. The fourth-order valence-electron chi connectivity index (χ4n) is 3.11. The van der Waals surface area contributed by atoms with E-state index in [4.69, 9.17) is 4.74 Å². The van der Waals surface area contributed by atoms with Crippen LogP contribution in [0.5, 0.6) is 0 Å². The van der Waals surface area contributed by atoms with Crippen molar-refractivity contribution in [3.05, 3.63) is 0 Å². The Balaban J connectivity index is 1.93. The smallest absolute Gasteiger partial charge is 0.0625 e. The minimum Gasteiger partial charge on any atom is -0.394 e. The SMILES string of the molecule is CC(C)OCC1CCC2(CO)CCCN12. The van der Waals surface area contributed by atoms with Crippen LogP contribution in [0.1, 0.15) is 39.5 Å². The average molecular weight is 213 g/mol. The lowest BCUT2D eigenvalue weighted by atomic mass is 9.95. The monoisotopic (exact) mass is 213 g/mol. The molecule has 2 heterocycles. The van der Waals surface area contributed by atoms with Crippen LogP contribution in [-0.2, 0) is 4.74 Å². The molecule has 2 rings (SSSR count). The molecule has 0 saturated carbocycles. The fraction of sp³-hybridized carbons (Fsp3) is 1.00. The van der Waals surface area contributed by atoms with Crippen molar-refractivity contribution in [3.63, 3.8) is 0 Å². The molecule has 2 fully saturated rings. The molecule has 15 heavy (non-hydrogen) atoms. The van der Waals surface area contributed by atoms with E-state index >= 15 is 0 Å². The fourth-order valence-corrected chi connectivity index (χ4v) is 3.11. The van der Waals surface area contributed by atoms with E-state index in [-0.39, 0.29) is 5.54 Å². The molecule has 1 N–H and O–H groups in total. The first kappa shape index (κ1) is 11.4. The van der Waals surface area contributed by atoms with Crippen molar-refractivity contribution < 1.29 is 9.84 Å². The second kappa shape index (κ2) is 4.40. The summed E-state index contributed by atoms with van der Waals surface area (Å²) in [5.41, 5.74) is 0.116. The molecule has 0 aromatic carbocycles. The van der Waals surface area contributed by atoms with E-state index in [1.807, 2.05) is 0 Å². The normalized spacial score (nSPS) is 36.4. The van der Waals surface area contributed by atoms with Gasteiger partial charge in [-0.3, -0.25) is 4.90 Å². The van der Waals surface area contributed by atoms with Gasteiger partial charge in [0.1, 0.15) is 0 Å². The molecule has 0 bridgehead atoms. The highest BCUT2D eigenvalue weighted by Gasteiger charge is 2.48. The minimum atomic E-state index is 0.116. The largest absolute Gasteiger partial charge is 0.394 e. The second-order valence-corrected chi connectivity index (χ2v) is 5.25. The van der Waals surface area contributed by atoms with Gasteiger partial charge in [0.25, 0.3) is 0 Å². The summed E-state index contributed by atoms with van der Waals surface area (Å²) in [6.07, 6.45) is 5.06. The Bertz CT molecular complexity index is 220. The minimum absolute atomic E-state index is 0.116. The summed E-state index contributed by atoms with van der Waals surface area (Å²) >= 11 is 0. The van der Waals surface area contributed by atoms with Gasteiger partial charge in [0.2, 0.25) is 0 Å². The third-order valence-electron chi connectivity index (χ3n) is 3.95. The lowest BCUT2D eigenvalue weighted by molar-refractivity contribution is 0.0113. The van der Waals surface area contributed by atoms with Gasteiger partial charge < -0.3 is 9.84 Å². The van der Waals surface area contributed by atoms with Crippen molar-refractivity contribution in [1.82, 2.24) is 4.90 Å². The zero-order valence-electron chi connectivity index (χ0n) is 9.91. The van der Waals surface area contributed by atoms with Crippen LogP contribution in [0.4, 0.5) is 0 Å². The Hall–Kier alpha value is -0.120. The van der Waals surface area contributed by atoms with E-state index < -0.39 is 0 Å². The molecule has 2 atom stereocenters. The molecule has 0 aromatic rings. The first-order chi connectivity index (χ1) is 7.18. The van der Waals surface area contributed by atoms with Gasteiger partial charge in [-0.1, -0.05) is 0 Å². The molecule has 3 nitrogen and oxygen atoms in total. The third kappa shape index (κ3) is 2.05. The Morgan fingerprint density at radius 3 is 2.93 bits per heavy atom. The van der Waals surface area contributed by atoms with E-state index in [9.17, 15) is 5.11 Å². The lowest BCUT2D eigenvalue weighted by Gasteiger charge is -2.33. The number of fused-ring (bicyclic) bond motifs is 1. The van der Waals surface area contributed by atoms with Gasteiger partial charge in [0, 0.05) is 11.6 Å². The van der Waals surface area contributed by atoms with Gasteiger partial charge in [-0.15, -0.1) is 0 Å². The van der Waals surface area contributed by atoms with E-state index in [0.717, 1.165) is 19.6 Å².